The van der Waals surface area contributed by atoms with Gasteiger partial charge in [0.2, 0.25) is 0 Å². The van der Waals surface area contributed by atoms with Gasteiger partial charge in [-0.05, 0) is 111 Å². The number of benzene rings is 6. The summed E-state index contributed by atoms with van der Waals surface area (Å²) in [6, 6.07) is 53.8. The molecule has 0 bridgehead atoms. The van der Waals surface area contributed by atoms with Crippen molar-refractivity contribution < 1.29 is 0 Å². The number of allylic oxidation sites excluding steroid dienone is 6. The van der Waals surface area contributed by atoms with Crippen molar-refractivity contribution in [1.29, 1.82) is 5.26 Å². The Bertz CT molecular complexity index is 2770. The molecule has 3 heteroatoms. The molecule has 5 atom stereocenters. The predicted molar refractivity (Wildman–Crippen MR) is 240 cm³/mol. The van der Waals surface area contributed by atoms with Gasteiger partial charge in [0.05, 0.1) is 29.8 Å². The van der Waals surface area contributed by atoms with Crippen LogP contribution >= 0.6 is 0 Å². The Morgan fingerprint density at radius 3 is 1.67 bits per heavy atom. The summed E-state index contributed by atoms with van der Waals surface area (Å²) in [5, 5.41) is 9.22. The van der Waals surface area contributed by atoms with Crippen LogP contribution in [0.15, 0.2) is 206 Å². The van der Waals surface area contributed by atoms with Crippen LogP contribution in [0.4, 0.5) is 17.1 Å². The van der Waals surface area contributed by atoms with E-state index < -0.39 is 0 Å². The highest BCUT2D eigenvalue weighted by Gasteiger charge is 2.40. The van der Waals surface area contributed by atoms with Crippen molar-refractivity contribution in [1.82, 2.24) is 0 Å². The van der Waals surface area contributed by atoms with Gasteiger partial charge in [0.15, 0.2) is 0 Å². The van der Waals surface area contributed by atoms with Crippen LogP contribution in [0.25, 0.3) is 39.0 Å². The van der Waals surface area contributed by atoms with Gasteiger partial charge in [0.1, 0.15) is 0 Å². The Hall–Kier alpha value is -7.15. The van der Waals surface area contributed by atoms with Crippen molar-refractivity contribution in [3.8, 4) is 39.4 Å². The molecular formula is C55H41N3. The topological polar surface area (TPSA) is 30.3 Å². The zero-order valence-corrected chi connectivity index (χ0v) is 32.1. The summed E-state index contributed by atoms with van der Waals surface area (Å²) in [5.41, 5.74) is 17.1. The van der Waals surface area contributed by atoms with Gasteiger partial charge in [-0.2, -0.15) is 5.26 Å². The maximum atomic E-state index is 9.22. The third-order valence-corrected chi connectivity index (χ3v) is 12.7. The highest BCUT2D eigenvalue weighted by Crippen LogP contribution is 2.50. The van der Waals surface area contributed by atoms with E-state index in [1.54, 1.807) is 0 Å². The molecule has 6 aromatic rings. The second-order valence-corrected chi connectivity index (χ2v) is 15.9. The van der Waals surface area contributed by atoms with Crippen LogP contribution in [0.2, 0.25) is 0 Å². The lowest BCUT2D eigenvalue weighted by Crippen LogP contribution is -2.40. The van der Waals surface area contributed by atoms with Gasteiger partial charge in [-0.25, -0.2) is 0 Å². The standard InChI is InChI=1S/C55H41N3/c56-36-37-14-16-39(17-15-37)41-24-30-47(31-25-41)58-53-13-7-5-11-49(53)51-35-45(27-33-55(51)58)43-20-18-42(19-21-43)44-26-32-54-50(34-44)48-10-4-6-12-52(48)57(54)46-28-22-40(23-29-46)38-8-2-1-3-9-38/h1-30,32-35,47-49,52-53H,31H2. The molecule has 0 radical (unpaired) electrons. The summed E-state index contributed by atoms with van der Waals surface area (Å²) in [7, 11) is 0. The first kappa shape index (κ1) is 34.1. The largest absolute Gasteiger partial charge is 0.357 e. The molecule has 0 saturated carbocycles. The molecule has 5 unspecified atom stereocenters. The van der Waals surface area contributed by atoms with Crippen LogP contribution in [0.3, 0.4) is 0 Å². The third kappa shape index (κ3) is 5.80. The lowest BCUT2D eigenvalue weighted by molar-refractivity contribution is 0.614. The van der Waals surface area contributed by atoms with Crippen LogP contribution in [-0.2, 0) is 0 Å². The van der Waals surface area contributed by atoms with Crippen molar-refractivity contribution in [3.63, 3.8) is 0 Å². The smallest absolute Gasteiger partial charge is 0.0991 e. The van der Waals surface area contributed by atoms with Gasteiger partial charge in [-0.3, -0.25) is 0 Å². The Kier molecular flexibility index (Phi) is 8.30. The summed E-state index contributed by atoms with van der Waals surface area (Å²) in [6.07, 6.45) is 26.1. The first-order valence-corrected chi connectivity index (χ1v) is 20.4. The molecule has 3 nitrogen and oxygen atoms in total. The number of anilines is 3. The molecule has 2 aliphatic heterocycles. The molecule has 6 aromatic carbocycles. The van der Waals surface area contributed by atoms with Gasteiger partial charge in [-0.1, -0.05) is 158 Å². The molecule has 3 aliphatic carbocycles. The second kappa shape index (κ2) is 14.1. The molecule has 0 aromatic heterocycles. The average Bonchev–Trinajstić information content (AvgIpc) is 3.82. The lowest BCUT2D eigenvalue weighted by Gasteiger charge is -2.35. The van der Waals surface area contributed by atoms with Gasteiger partial charge in [-0.15, -0.1) is 0 Å². The molecule has 276 valence electrons. The number of fused-ring (bicyclic) bond motifs is 6. The molecule has 0 spiro atoms. The zero-order chi connectivity index (χ0) is 38.6. The highest BCUT2D eigenvalue weighted by atomic mass is 15.2. The van der Waals surface area contributed by atoms with E-state index in [4.69, 9.17) is 0 Å². The van der Waals surface area contributed by atoms with Crippen LogP contribution in [-0.4, -0.2) is 18.1 Å². The quantitative estimate of drug-likeness (QED) is 0.170. The van der Waals surface area contributed by atoms with Crippen molar-refractivity contribution in [2.75, 3.05) is 9.80 Å². The molecule has 0 fully saturated rings. The van der Waals surface area contributed by atoms with Gasteiger partial charge >= 0.3 is 0 Å². The summed E-state index contributed by atoms with van der Waals surface area (Å²) >= 11 is 0. The van der Waals surface area contributed by atoms with E-state index in [0.717, 1.165) is 12.0 Å². The summed E-state index contributed by atoms with van der Waals surface area (Å²) < 4.78 is 0. The number of nitrogens with zero attached hydrogens (tertiary/aromatic N) is 3. The van der Waals surface area contributed by atoms with E-state index in [9.17, 15) is 5.26 Å². The fourth-order valence-electron chi connectivity index (χ4n) is 9.83. The number of rotatable bonds is 6. The molecule has 0 amide bonds. The average molecular weight is 744 g/mol. The maximum Gasteiger partial charge on any atom is 0.0991 e. The van der Waals surface area contributed by atoms with Crippen LogP contribution in [0.5, 0.6) is 0 Å². The summed E-state index contributed by atoms with van der Waals surface area (Å²) in [5.74, 6) is 0.619. The van der Waals surface area contributed by atoms with Crippen molar-refractivity contribution in [3.05, 3.63) is 229 Å². The number of hydrogen-bond donors (Lipinski definition) is 0. The Labute approximate surface area is 340 Å². The maximum absolute atomic E-state index is 9.22. The van der Waals surface area contributed by atoms with Crippen molar-refractivity contribution in [2.24, 2.45) is 0 Å². The Morgan fingerprint density at radius 2 is 1.02 bits per heavy atom. The number of nitriles is 1. The minimum atomic E-state index is 0.252. The summed E-state index contributed by atoms with van der Waals surface area (Å²) in [6.45, 7) is 0. The van der Waals surface area contributed by atoms with E-state index >= 15 is 0 Å². The fraction of sp³-hybridized carbons (Fsp3) is 0.109. The monoisotopic (exact) mass is 743 g/mol. The van der Waals surface area contributed by atoms with Crippen LogP contribution < -0.4 is 9.80 Å². The zero-order valence-electron chi connectivity index (χ0n) is 32.1. The SMILES string of the molecule is N#Cc1ccc(C2=CCC(N3c4ccc(-c5ccc(-c6ccc7c(c6)C6C=CC=CC6N7c6ccc(-c7ccccc7)cc6)cc5)cc4C4C=CC=CC43)C=C2)cc1. The molecule has 0 N–H and O–H groups in total. The normalized spacial score (nSPS) is 21.9. The van der Waals surface area contributed by atoms with Crippen LogP contribution in [0.1, 0.15) is 40.5 Å². The van der Waals surface area contributed by atoms with E-state index in [-0.39, 0.29) is 18.1 Å². The first-order valence-electron chi connectivity index (χ1n) is 20.4. The second-order valence-electron chi connectivity index (χ2n) is 15.9. The lowest BCUT2D eigenvalue weighted by atomic mass is 9.88. The third-order valence-electron chi connectivity index (χ3n) is 12.7. The Balaban J connectivity index is 0.852. The van der Waals surface area contributed by atoms with E-state index in [2.05, 4.69) is 198 Å². The minimum absolute atomic E-state index is 0.252. The van der Waals surface area contributed by atoms with E-state index in [1.807, 2.05) is 24.3 Å². The van der Waals surface area contributed by atoms with Gasteiger partial charge in [0.25, 0.3) is 0 Å². The molecule has 5 aliphatic rings. The van der Waals surface area contributed by atoms with Gasteiger partial charge < -0.3 is 9.80 Å². The molecular weight excluding hydrogens is 703 g/mol. The van der Waals surface area contributed by atoms with Crippen LogP contribution in [0, 0.1) is 11.3 Å². The number of hydrogen-bond acceptors (Lipinski definition) is 3. The Morgan fingerprint density at radius 1 is 0.483 bits per heavy atom. The van der Waals surface area contributed by atoms with E-state index in [1.165, 1.54) is 67.1 Å². The van der Waals surface area contributed by atoms with Crippen molar-refractivity contribution >= 4 is 22.6 Å². The summed E-state index contributed by atoms with van der Waals surface area (Å²) in [4.78, 5) is 5.13. The molecule has 2 heterocycles. The predicted octanol–water partition coefficient (Wildman–Crippen LogP) is 13.1. The first-order chi connectivity index (χ1) is 28.7. The van der Waals surface area contributed by atoms with E-state index in [0.29, 0.717) is 17.4 Å². The van der Waals surface area contributed by atoms with Gasteiger partial charge in [0, 0.05) is 28.9 Å². The van der Waals surface area contributed by atoms with Crippen molar-refractivity contribution in [2.45, 2.75) is 36.4 Å². The fourth-order valence-corrected chi connectivity index (χ4v) is 9.83. The molecule has 58 heavy (non-hydrogen) atoms. The molecule has 0 saturated heterocycles. The molecule has 11 rings (SSSR count). The minimum Gasteiger partial charge on any atom is -0.357 e. The highest BCUT2D eigenvalue weighted by molar-refractivity contribution is 5.82.